The summed E-state index contributed by atoms with van der Waals surface area (Å²) in [5.41, 5.74) is 0.568. The molecule has 2 N–H and O–H groups in total. The summed E-state index contributed by atoms with van der Waals surface area (Å²) in [5.74, 6) is -0.0862. The van der Waals surface area contributed by atoms with Crippen molar-refractivity contribution >= 4 is 5.91 Å². The number of nitrogens with one attached hydrogen (secondary N) is 1. The first-order valence-electron chi connectivity index (χ1n) is 3.58. The molecule has 12 heavy (non-hydrogen) atoms. The molecular formula is C7H11N3O2. The summed E-state index contributed by atoms with van der Waals surface area (Å²) >= 11 is 0. The van der Waals surface area contributed by atoms with E-state index >= 15 is 0 Å². The molecule has 66 valence electrons. The van der Waals surface area contributed by atoms with Crippen LogP contribution in [0.2, 0.25) is 0 Å². The van der Waals surface area contributed by atoms with E-state index in [0.29, 0.717) is 5.69 Å². The van der Waals surface area contributed by atoms with Gasteiger partial charge in [0.1, 0.15) is 6.54 Å². The maximum atomic E-state index is 10.9. The molecule has 0 atom stereocenters. The van der Waals surface area contributed by atoms with Crippen LogP contribution in [0.15, 0.2) is 12.5 Å². The Morgan fingerprint density at radius 3 is 3.08 bits per heavy atom. The van der Waals surface area contributed by atoms with Crippen molar-refractivity contribution < 1.29 is 9.90 Å². The molecule has 0 aromatic carbocycles. The fourth-order valence-corrected chi connectivity index (χ4v) is 0.819. The number of carbonyl (C=O) groups is 1. The summed E-state index contributed by atoms with van der Waals surface area (Å²) in [7, 11) is 1.58. The van der Waals surface area contributed by atoms with Gasteiger partial charge >= 0.3 is 0 Å². The number of rotatable bonds is 3. The molecule has 0 unspecified atom stereocenters. The van der Waals surface area contributed by atoms with E-state index in [2.05, 4.69) is 10.3 Å². The lowest BCUT2D eigenvalue weighted by Crippen LogP contribution is -2.22. The van der Waals surface area contributed by atoms with Gasteiger partial charge in [0.2, 0.25) is 5.91 Å². The van der Waals surface area contributed by atoms with Crippen LogP contribution < -0.4 is 5.32 Å². The van der Waals surface area contributed by atoms with Crippen molar-refractivity contribution in [1.29, 1.82) is 0 Å². The summed E-state index contributed by atoms with van der Waals surface area (Å²) in [5, 5.41) is 11.2. The van der Waals surface area contributed by atoms with E-state index in [1.165, 1.54) is 6.33 Å². The summed E-state index contributed by atoms with van der Waals surface area (Å²) in [4.78, 5) is 14.7. The van der Waals surface area contributed by atoms with E-state index in [9.17, 15) is 4.79 Å². The minimum absolute atomic E-state index is 0.0862. The van der Waals surface area contributed by atoms with Crippen LogP contribution in [0.25, 0.3) is 0 Å². The number of hydrogen-bond donors (Lipinski definition) is 2. The Bertz CT molecular complexity index is 269. The SMILES string of the molecule is CNC(=O)Cn1cnc(CO)c1. The standard InChI is InChI=1S/C7H11N3O2/c1-8-7(12)3-10-2-6(4-11)9-5-10/h2,5,11H,3-4H2,1H3,(H,8,12). The maximum absolute atomic E-state index is 10.9. The van der Waals surface area contributed by atoms with Crippen LogP contribution in [0.3, 0.4) is 0 Å². The molecule has 0 fully saturated rings. The molecule has 0 aliphatic carbocycles. The van der Waals surface area contributed by atoms with Crippen LogP contribution in [-0.2, 0) is 17.9 Å². The molecule has 0 spiro atoms. The highest BCUT2D eigenvalue weighted by Crippen LogP contribution is 1.94. The molecular weight excluding hydrogens is 158 g/mol. The first kappa shape index (κ1) is 8.73. The molecule has 1 aromatic heterocycles. The Hall–Kier alpha value is -1.36. The summed E-state index contributed by atoms with van der Waals surface area (Å²) in [6.45, 7) is 0.143. The largest absolute Gasteiger partial charge is 0.390 e. The maximum Gasteiger partial charge on any atom is 0.239 e. The number of nitrogens with zero attached hydrogens (tertiary/aromatic N) is 2. The van der Waals surface area contributed by atoms with Gasteiger partial charge in [-0.1, -0.05) is 0 Å². The smallest absolute Gasteiger partial charge is 0.239 e. The van der Waals surface area contributed by atoms with Crippen molar-refractivity contribution in [3.63, 3.8) is 0 Å². The summed E-state index contributed by atoms with van der Waals surface area (Å²) < 4.78 is 1.62. The number of aromatic nitrogens is 2. The van der Waals surface area contributed by atoms with Gasteiger partial charge in [-0.2, -0.15) is 0 Å². The zero-order chi connectivity index (χ0) is 8.97. The second-order valence-electron chi connectivity index (χ2n) is 2.37. The molecule has 1 aromatic rings. The first-order valence-corrected chi connectivity index (χ1v) is 3.58. The van der Waals surface area contributed by atoms with Crippen molar-refractivity contribution in [2.24, 2.45) is 0 Å². The molecule has 0 aliphatic heterocycles. The summed E-state index contributed by atoms with van der Waals surface area (Å²) in [6, 6.07) is 0. The lowest BCUT2D eigenvalue weighted by Gasteiger charge is -1.98. The molecule has 1 amide bonds. The Labute approximate surface area is 70.0 Å². The fourth-order valence-electron chi connectivity index (χ4n) is 0.819. The zero-order valence-electron chi connectivity index (χ0n) is 6.82. The minimum Gasteiger partial charge on any atom is -0.390 e. The third-order valence-corrected chi connectivity index (χ3v) is 1.45. The van der Waals surface area contributed by atoms with Gasteiger partial charge in [-0.3, -0.25) is 4.79 Å². The van der Waals surface area contributed by atoms with Crippen LogP contribution >= 0.6 is 0 Å². The molecule has 1 heterocycles. The summed E-state index contributed by atoms with van der Waals surface area (Å²) in [6.07, 6.45) is 3.15. The van der Waals surface area contributed by atoms with Crippen molar-refractivity contribution in [1.82, 2.24) is 14.9 Å². The van der Waals surface area contributed by atoms with E-state index in [4.69, 9.17) is 5.11 Å². The number of aliphatic hydroxyl groups is 1. The minimum atomic E-state index is -0.0965. The van der Waals surface area contributed by atoms with Gasteiger partial charge in [0.15, 0.2) is 0 Å². The number of hydrogen-bond acceptors (Lipinski definition) is 3. The number of imidazole rings is 1. The molecule has 0 aliphatic rings. The average Bonchev–Trinajstić information content (AvgIpc) is 2.52. The number of carbonyl (C=O) groups excluding carboxylic acids is 1. The second-order valence-corrected chi connectivity index (χ2v) is 2.37. The Morgan fingerprint density at radius 1 is 1.83 bits per heavy atom. The van der Waals surface area contributed by atoms with Gasteiger partial charge in [-0.15, -0.1) is 0 Å². The normalized spacial score (nSPS) is 9.83. The second kappa shape index (κ2) is 3.87. The van der Waals surface area contributed by atoms with Gasteiger partial charge in [0.25, 0.3) is 0 Å². The van der Waals surface area contributed by atoms with Crippen LogP contribution in [0.1, 0.15) is 5.69 Å². The molecule has 0 saturated carbocycles. The fraction of sp³-hybridized carbons (Fsp3) is 0.429. The first-order chi connectivity index (χ1) is 5.76. The third kappa shape index (κ3) is 2.06. The van der Waals surface area contributed by atoms with Crippen molar-refractivity contribution in [3.05, 3.63) is 18.2 Å². The highest BCUT2D eigenvalue weighted by atomic mass is 16.3. The van der Waals surface area contributed by atoms with Crippen molar-refractivity contribution in [2.45, 2.75) is 13.2 Å². The number of amides is 1. The van der Waals surface area contributed by atoms with Crippen LogP contribution in [0.4, 0.5) is 0 Å². The average molecular weight is 169 g/mol. The van der Waals surface area contributed by atoms with Crippen molar-refractivity contribution in [2.75, 3.05) is 7.05 Å². The molecule has 0 bridgehead atoms. The van der Waals surface area contributed by atoms with E-state index in [-0.39, 0.29) is 19.1 Å². The molecule has 5 nitrogen and oxygen atoms in total. The highest BCUT2D eigenvalue weighted by molar-refractivity contribution is 5.75. The predicted molar refractivity (Wildman–Crippen MR) is 42.2 cm³/mol. The van der Waals surface area contributed by atoms with Gasteiger partial charge in [0, 0.05) is 13.2 Å². The van der Waals surface area contributed by atoms with Gasteiger partial charge in [-0.05, 0) is 0 Å². The van der Waals surface area contributed by atoms with Crippen LogP contribution in [-0.4, -0.2) is 27.6 Å². The topological polar surface area (TPSA) is 67.2 Å². The number of aliphatic hydroxyl groups excluding tert-OH is 1. The van der Waals surface area contributed by atoms with E-state index in [1.54, 1.807) is 17.8 Å². The molecule has 0 radical (unpaired) electrons. The van der Waals surface area contributed by atoms with E-state index < -0.39 is 0 Å². The highest BCUT2D eigenvalue weighted by Gasteiger charge is 2.00. The third-order valence-electron chi connectivity index (χ3n) is 1.45. The van der Waals surface area contributed by atoms with Gasteiger partial charge in [0.05, 0.1) is 18.6 Å². The Kier molecular flexibility index (Phi) is 2.82. The van der Waals surface area contributed by atoms with Crippen LogP contribution in [0, 0.1) is 0 Å². The molecule has 1 rings (SSSR count). The van der Waals surface area contributed by atoms with Gasteiger partial charge < -0.3 is 15.0 Å². The Balaban J connectivity index is 2.58. The predicted octanol–water partition coefficient (Wildman–Crippen LogP) is -0.879. The van der Waals surface area contributed by atoms with Gasteiger partial charge in [-0.25, -0.2) is 4.98 Å². The lowest BCUT2D eigenvalue weighted by atomic mass is 10.5. The molecule has 5 heteroatoms. The number of likely N-dealkylation sites (N-methyl/N-ethyl adjacent to an activating group) is 1. The molecule has 0 saturated heterocycles. The Morgan fingerprint density at radius 2 is 2.58 bits per heavy atom. The van der Waals surface area contributed by atoms with E-state index in [1.807, 2.05) is 0 Å². The lowest BCUT2D eigenvalue weighted by molar-refractivity contribution is -0.121. The monoisotopic (exact) mass is 169 g/mol. The van der Waals surface area contributed by atoms with Crippen molar-refractivity contribution in [3.8, 4) is 0 Å². The quantitative estimate of drug-likeness (QED) is 0.617. The van der Waals surface area contributed by atoms with E-state index in [0.717, 1.165) is 0 Å². The zero-order valence-corrected chi connectivity index (χ0v) is 6.82. The van der Waals surface area contributed by atoms with Crippen LogP contribution in [0.5, 0.6) is 0 Å².